The largest absolute Gasteiger partial charge is 0.483 e. The van der Waals surface area contributed by atoms with Gasteiger partial charge in [0.05, 0.1) is 0 Å². The first-order chi connectivity index (χ1) is 17.9. The van der Waals surface area contributed by atoms with Gasteiger partial charge in [-0.2, -0.15) is 0 Å². The minimum absolute atomic E-state index is 0.0304. The van der Waals surface area contributed by atoms with Crippen molar-refractivity contribution in [2.75, 3.05) is 6.61 Å². The fraction of sp³-hybridized carbons (Fsp3) is 0.355. The maximum atomic E-state index is 14.7. The maximum absolute atomic E-state index is 14.7. The van der Waals surface area contributed by atoms with Gasteiger partial charge in [-0.15, -0.1) is 0 Å². The number of halogens is 1. The highest BCUT2D eigenvalue weighted by molar-refractivity contribution is 5.88. The van der Waals surface area contributed by atoms with Crippen LogP contribution >= 0.6 is 0 Å². The lowest BCUT2D eigenvalue weighted by atomic mass is 10.0. The molecule has 1 fully saturated rings. The second-order valence-electron chi connectivity index (χ2n) is 9.87. The molecular formula is C31H35FN2O3. The van der Waals surface area contributed by atoms with Crippen molar-refractivity contribution < 1.29 is 18.7 Å². The van der Waals surface area contributed by atoms with Gasteiger partial charge < -0.3 is 15.0 Å². The van der Waals surface area contributed by atoms with Gasteiger partial charge in [-0.05, 0) is 49.9 Å². The molecule has 1 N–H and O–H groups in total. The van der Waals surface area contributed by atoms with Crippen molar-refractivity contribution in [3.8, 4) is 5.75 Å². The van der Waals surface area contributed by atoms with Gasteiger partial charge in [-0.25, -0.2) is 4.39 Å². The summed E-state index contributed by atoms with van der Waals surface area (Å²) in [6.45, 7) is 3.64. The van der Waals surface area contributed by atoms with Crippen molar-refractivity contribution in [2.45, 2.75) is 64.6 Å². The molecule has 1 saturated carbocycles. The molecule has 0 radical (unpaired) electrons. The van der Waals surface area contributed by atoms with E-state index in [1.165, 1.54) is 11.0 Å². The number of aryl methyl sites for hydroxylation is 2. The van der Waals surface area contributed by atoms with Crippen LogP contribution in [0.25, 0.3) is 0 Å². The first-order valence-corrected chi connectivity index (χ1v) is 13.0. The van der Waals surface area contributed by atoms with Crippen LogP contribution in [0.15, 0.2) is 72.8 Å². The number of amides is 2. The minimum atomic E-state index is -0.808. The molecule has 3 aromatic rings. The molecule has 0 heterocycles. The van der Waals surface area contributed by atoms with Gasteiger partial charge >= 0.3 is 0 Å². The molecule has 0 unspecified atom stereocenters. The Morgan fingerprint density at radius 2 is 1.70 bits per heavy atom. The molecule has 1 atom stereocenters. The lowest BCUT2D eigenvalue weighted by Crippen LogP contribution is -2.53. The molecule has 5 nitrogen and oxygen atoms in total. The zero-order valence-corrected chi connectivity index (χ0v) is 21.6. The van der Waals surface area contributed by atoms with Crippen LogP contribution in [-0.4, -0.2) is 35.4 Å². The first-order valence-electron chi connectivity index (χ1n) is 13.0. The van der Waals surface area contributed by atoms with Crippen LogP contribution < -0.4 is 10.1 Å². The molecule has 0 spiro atoms. The number of nitrogens with zero attached hydrogens (tertiary/aromatic N) is 1. The lowest BCUT2D eigenvalue weighted by Gasteiger charge is -2.32. The second kappa shape index (κ2) is 12.5. The van der Waals surface area contributed by atoms with Crippen LogP contribution in [0.2, 0.25) is 0 Å². The van der Waals surface area contributed by atoms with Gasteiger partial charge in [0.1, 0.15) is 17.6 Å². The number of hydrogen-bond acceptors (Lipinski definition) is 3. The van der Waals surface area contributed by atoms with Gasteiger partial charge in [0.2, 0.25) is 5.91 Å². The maximum Gasteiger partial charge on any atom is 0.261 e. The molecule has 2 amide bonds. The molecule has 194 valence electrons. The third-order valence-electron chi connectivity index (χ3n) is 6.95. The van der Waals surface area contributed by atoms with Crippen molar-refractivity contribution in [3.63, 3.8) is 0 Å². The Labute approximate surface area is 218 Å². The number of carbonyl (C=O) groups excluding carboxylic acids is 2. The molecule has 0 aromatic heterocycles. The summed E-state index contributed by atoms with van der Waals surface area (Å²) < 4.78 is 20.6. The van der Waals surface area contributed by atoms with E-state index >= 15 is 0 Å². The van der Waals surface area contributed by atoms with Crippen LogP contribution in [0.5, 0.6) is 5.75 Å². The summed E-state index contributed by atoms with van der Waals surface area (Å²) in [6, 6.07) is 21.0. The predicted octanol–water partition coefficient (Wildman–Crippen LogP) is 5.52. The van der Waals surface area contributed by atoms with Crippen LogP contribution in [0.1, 0.15) is 47.9 Å². The average Bonchev–Trinajstić information content (AvgIpc) is 3.40. The standard InChI is InChI=1S/C31H35FN2O3/c1-22-16-17-29(23(2)18-22)37-21-30(35)34(20-25-12-6-9-15-27(25)32)28(19-24-10-4-3-5-11-24)31(36)33-26-13-7-8-14-26/h3-6,9-12,15-18,26,28H,7-8,13-14,19-21H2,1-2H3,(H,33,36)/t28-/m0/s1. The molecular weight excluding hydrogens is 467 g/mol. The van der Waals surface area contributed by atoms with E-state index in [1.54, 1.807) is 18.2 Å². The number of carbonyl (C=O) groups is 2. The molecule has 4 rings (SSSR count). The van der Waals surface area contributed by atoms with E-state index in [2.05, 4.69) is 5.32 Å². The highest BCUT2D eigenvalue weighted by Gasteiger charge is 2.33. The number of hydrogen-bond donors (Lipinski definition) is 1. The molecule has 1 aliphatic carbocycles. The highest BCUT2D eigenvalue weighted by atomic mass is 19.1. The second-order valence-corrected chi connectivity index (χ2v) is 9.87. The van der Waals surface area contributed by atoms with E-state index in [0.29, 0.717) is 17.7 Å². The van der Waals surface area contributed by atoms with E-state index in [4.69, 9.17) is 4.74 Å². The average molecular weight is 503 g/mol. The van der Waals surface area contributed by atoms with Gasteiger partial charge in [-0.3, -0.25) is 9.59 Å². The number of nitrogens with one attached hydrogen (secondary N) is 1. The predicted molar refractivity (Wildman–Crippen MR) is 143 cm³/mol. The molecule has 1 aliphatic rings. The smallest absolute Gasteiger partial charge is 0.261 e. The Balaban J connectivity index is 1.63. The fourth-order valence-electron chi connectivity index (χ4n) is 4.92. The topological polar surface area (TPSA) is 58.6 Å². The van der Waals surface area contributed by atoms with Crippen LogP contribution in [-0.2, 0) is 22.6 Å². The van der Waals surface area contributed by atoms with E-state index in [9.17, 15) is 14.0 Å². The zero-order valence-electron chi connectivity index (χ0n) is 21.6. The monoisotopic (exact) mass is 502 g/mol. The third-order valence-corrected chi connectivity index (χ3v) is 6.95. The Morgan fingerprint density at radius 3 is 2.41 bits per heavy atom. The van der Waals surface area contributed by atoms with Crippen molar-refractivity contribution in [1.29, 1.82) is 0 Å². The summed E-state index contributed by atoms with van der Waals surface area (Å²) in [5, 5.41) is 3.16. The fourth-order valence-corrected chi connectivity index (χ4v) is 4.92. The van der Waals surface area contributed by atoms with Gasteiger partial charge in [0.25, 0.3) is 5.91 Å². The van der Waals surface area contributed by atoms with E-state index in [1.807, 2.05) is 62.4 Å². The quantitative estimate of drug-likeness (QED) is 0.397. The number of benzene rings is 3. The molecule has 0 bridgehead atoms. The normalized spacial score (nSPS) is 14.2. The van der Waals surface area contributed by atoms with E-state index in [0.717, 1.165) is 42.4 Å². The van der Waals surface area contributed by atoms with Crippen molar-refractivity contribution in [1.82, 2.24) is 10.2 Å². The SMILES string of the molecule is Cc1ccc(OCC(=O)N(Cc2ccccc2F)[C@@H](Cc2ccccc2)C(=O)NC2CCCC2)c(C)c1. The zero-order chi connectivity index (χ0) is 26.2. The molecule has 3 aromatic carbocycles. The lowest BCUT2D eigenvalue weighted by molar-refractivity contribution is -0.143. The summed E-state index contributed by atoms with van der Waals surface area (Å²) in [5.41, 5.74) is 3.31. The Hall–Kier alpha value is -3.67. The van der Waals surface area contributed by atoms with Crippen molar-refractivity contribution in [2.24, 2.45) is 0 Å². The molecule has 37 heavy (non-hydrogen) atoms. The Kier molecular flexibility index (Phi) is 8.94. The van der Waals surface area contributed by atoms with Gasteiger partial charge in [0, 0.05) is 24.6 Å². The molecule has 6 heteroatoms. The van der Waals surface area contributed by atoms with Crippen LogP contribution in [0.4, 0.5) is 4.39 Å². The number of ether oxygens (including phenoxy) is 1. The van der Waals surface area contributed by atoms with Crippen LogP contribution in [0, 0.1) is 19.7 Å². The third kappa shape index (κ3) is 7.19. The Morgan fingerprint density at radius 1 is 1.00 bits per heavy atom. The van der Waals surface area contributed by atoms with Gasteiger partial charge in [0.15, 0.2) is 6.61 Å². The molecule has 0 aliphatic heterocycles. The highest BCUT2D eigenvalue weighted by Crippen LogP contribution is 2.22. The van der Waals surface area contributed by atoms with E-state index in [-0.39, 0.29) is 31.0 Å². The van der Waals surface area contributed by atoms with E-state index < -0.39 is 11.9 Å². The van der Waals surface area contributed by atoms with Gasteiger partial charge in [-0.1, -0.05) is 79.1 Å². The summed E-state index contributed by atoms with van der Waals surface area (Å²) >= 11 is 0. The summed E-state index contributed by atoms with van der Waals surface area (Å²) in [4.78, 5) is 28.8. The summed E-state index contributed by atoms with van der Waals surface area (Å²) in [5.74, 6) is -0.386. The van der Waals surface area contributed by atoms with Crippen molar-refractivity contribution >= 4 is 11.8 Å². The number of rotatable bonds is 10. The first kappa shape index (κ1) is 26.4. The molecule has 0 saturated heterocycles. The van der Waals surface area contributed by atoms with Crippen LogP contribution in [0.3, 0.4) is 0 Å². The minimum Gasteiger partial charge on any atom is -0.483 e. The van der Waals surface area contributed by atoms with Crippen molar-refractivity contribution in [3.05, 3.63) is 101 Å². The Bertz CT molecular complexity index is 1210. The summed E-state index contributed by atoms with van der Waals surface area (Å²) in [7, 11) is 0. The summed E-state index contributed by atoms with van der Waals surface area (Å²) in [6.07, 6.45) is 4.34.